The van der Waals surface area contributed by atoms with Gasteiger partial charge in [-0.3, -0.25) is 14.3 Å². The van der Waals surface area contributed by atoms with E-state index in [0.717, 1.165) is 11.3 Å². The fraction of sp³-hybridized carbons (Fsp3) is 0.130. The first-order valence-electron chi connectivity index (χ1n) is 9.75. The quantitative estimate of drug-likeness (QED) is 0.407. The van der Waals surface area contributed by atoms with Crippen LogP contribution < -0.4 is 14.8 Å². The highest BCUT2D eigenvalue weighted by Gasteiger charge is 2.18. The van der Waals surface area contributed by atoms with Gasteiger partial charge in [-0.2, -0.15) is 0 Å². The number of rotatable bonds is 8. The van der Waals surface area contributed by atoms with Gasteiger partial charge < -0.3 is 14.8 Å². The molecule has 0 saturated carbocycles. The summed E-state index contributed by atoms with van der Waals surface area (Å²) in [7, 11) is 3.18. The summed E-state index contributed by atoms with van der Waals surface area (Å²) in [4.78, 5) is 16.7. The van der Waals surface area contributed by atoms with Crippen molar-refractivity contribution in [1.82, 2.24) is 19.7 Å². The molecule has 4 aromatic rings. The molecule has 2 heterocycles. The van der Waals surface area contributed by atoms with E-state index >= 15 is 0 Å². The van der Waals surface area contributed by atoms with Gasteiger partial charge in [-0.05, 0) is 36.4 Å². The van der Waals surface area contributed by atoms with Crippen LogP contribution in [0, 0.1) is 0 Å². The molecule has 32 heavy (non-hydrogen) atoms. The second-order valence-electron chi connectivity index (χ2n) is 6.62. The van der Waals surface area contributed by atoms with Crippen LogP contribution in [0.25, 0.3) is 17.1 Å². The zero-order chi connectivity index (χ0) is 22.3. The third-order valence-corrected chi connectivity index (χ3v) is 5.53. The molecule has 0 spiro atoms. The van der Waals surface area contributed by atoms with E-state index in [1.54, 1.807) is 38.7 Å². The molecular weight excluding hydrogens is 426 g/mol. The molecular formula is C23H21N5O3S. The lowest BCUT2D eigenvalue weighted by atomic mass is 10.2. The van der Waals surface area contributed by atoms with Gasteiger partial charge in [-0.1, -0.05) is 30.0 Å². The second kappa shape index (κ2) is 9.97. The van der Waals surface area contributed by atoms with Gasteiger partial charge in [0.05, 0.1) is 31.3 Å². The number of hydrogen-bond acceptors (Lipinski definition) is 7. The molecule has 0 aliphatic heterocycles. The lowest BCUT2D eigenvalue weighted by Gasteiger charge is -2.12. The Morgan fingerprint density at radius 1 is 1.00 bits per heavy atom. The van der Waals surface area contributed by atoms with Crippen LogP contribution in [-0.4, -0.2) is 45.6 Å². The first kappa shape index (κ1) is 21.4. The Balaban J connectivity index is 1.61. The van der Waals surface area contributed by atoms with Gasteiger partial charge in [0.25, 0.3) is 0 Å². The Morgan fingerprint density at radius 2 is 1.81 bits per heavy atom. The van der Waals surface area contributed by atoms with Crippen LogP contribution in [-0.2, 0) is 4.79 Å². The summed E-state index contributed by atoms with van der Waals surface area (Å²) < 4.78 is 12.6. The summed E-state index contributed by atoms with van der Waals surface area (Å²) in [6.45, 7) is 0. The molecule has 0 unspecified atom stereocenters. The molecule has 162 valence electrons. The van der Waals surface area contributed by atoms with E-state index in [4.69, 9.17) is 9.47 Å². The number of carbonyl (C=O) groups excluding carboxylic acids is 1. The molecule has 0 atom stereocenters. The summed E-state index contributed by atoms with van der Waals surface area (Å²) in [5.74, 6) is 1.93. The topological polar surface area (TPSA) is 91.2 Å². The molecule has 1 amide bonds. The Morgan fingerprint density at radius 3 is 2.59 bits per heavy atom. The number of pyridine rings is 1. The van der Waals surface area contributed by atoms with Crippen molar-refractivity contribution in [3.8, 4) is 28.6 Å². The number of aromatic nitrogens is 4. The van der Waals surface area contributed by atoms with E-state index in [1.807, 2.05) is 53.1 Å². The molecule has 8 nitrogen and oxygen atoms in total. The molecule has 2 aromatic carbocycles. The maximum absolute atomic E-state index is 12.6. The summed E-state index contributed by atoms with van der Waals surface area (Å²) in [5.41, 5.74) is 2.31. The second-order valence-corrected chi connectivity index (χ2v) is 7.56. The Bertz CT molecular complexity index is 1210. The number of nitrogens with zero attached hydrogens (tertiary/aromatic N) is 4. The van der Waals surface area contributed by atoms with E-state index in [1.165, 1.54) is 11.8 Å². The van der Waals surface area contributed by atoms with Crippen molar-refractivity contribution in [1.29, 1.82) is 0 Å². The van der Waals surface area contributed by atoms with E-state index < -0.39 is 0 Å². The van der Waals surface area contributed by atoms with Crippen LogP contribution in [0.1, 0.15) is 0 Å². The molecule has 0 aliphatic carbocycles. The maximum Gasteiger partial charge on any atom is 0.234 e. The zero-order valence-electron chi connectivity index (χ0n) is 17.6. The fourth-order valence-corrected chi connectivity index (χ4v) is 3.85. The SMILES string of the molecule is COc1cccc(-n2c(SCC(=O)Nc3ccccc3OC)nnc2-c2ccncc2)c1. The fourth-order valence-electron chi connectivity index (χ4n) is 3.10. The lowest BCUT2D eigenvalue weighted by Crippen LogP contribution is -2.15. The first-order valence-corrected chi connectivity index (χ1v) is 10.7. The van der Waals surface area contributed by atoms with Gasteiger partial charge in [0.15, 0.2) is 11.0 Å². The number of carbonyl (C=O) groups is 1. The summed E-state index contributed by atoms with van der Waals surface area (Å²) in [6, 6.07) is 18.6. The summed E-state index contributed by atoms with van der Waals surface area (Å²) in [6.07, 6.45) is 3.40. The number of ether oxygens (including phenoxy) is 2. The number of nitrogens with one attached hydrogen (secondary N) is 1. The smallest absolute Gasteiger partial charge is 0.234 e. The Kier molecular flexibility index (Phi) is 6.66. The number of amides is 1. The zero-order valence-corrected chi connectivity index (χ0v) is 18.4. The van der Waals surface area contributed by atoms with Crippen molar-refractivity contribution in [3.63, 3.8) is 0 Å². The maximum atomic E-state index is 12.6. The highest BCUT2D eigenvalue weighted by atomic mass is 32.2. The normalized spacial score (nSPS) is 10.6. The highest BCUT2D eigenvalue weighted by molar-refractivity contribution is 7.99. The van der Waals surface area contributed by atoms with Gasteiger partial charge in [0.2, 0.25) is 5.91 Å². The third kappa shape index (κ3) is 4.73. The van der Waals surface area contributed by atoms with E-state index in [-0.39, 0.29) is 11.7 Å². The number of benzene rings is 2. The summed E-state index contributed by atoms with van der Waals surface area (Å²) in [5, 5.41) is 12.2. The van der Waals surface area contributed by atoms with Crippen molar-refractivity contribution < 1.29 is 14.3 Å². The van der Waals surface area contributed by atoms with Crippen LogP contribution in [0.15, 0.2) is 78.2 Å². The largest absolute Gasteiger partial charge is 0.497 e. The minimum atomic E-state index is -0.176. The molecule has 0 aliphatic rings. The molecule has 0 saturated heterocycles. The predicted molar refractivity (Wildman–Crippen MR) is 123 cm³/mol. The molecule has 0 fully saturated rings. The molecule has 0 bridgehead atoms. The molecule has 1 N–H and O–H groups in total. The average Bonchev–Trinajstić information content (AvgIpc) is 3.28. The average molecular weight is 448 g/mol. The third-order valence-electron chi connectivity index (χ3n) is 4.60. The van der Waals surface area contributed by atoms with E-state index in [9.17, 15) is 4.79 Å². The number of methoxy groups -OCH3 is 2. The van der Waals surface area contributed by atoms with Crippen molar-refractivity contribution in [3.05, 3.63) is 73.1 Å². The lowest BCUT2D eigenvalue weighted by molar-refractivity contribution is -0.113. The van der Waals surface area contributed by atoms with Crippen molar-refractivity contribution in [2.75, 3.05) is 25.3 Å². The molecule has 9 heteroatoms. The van der Waals surface area contributed by atoms with Crippen LogP contribution in [0.2, 0.25) is 0 Å². The van der Waals surface area contributed by atoms with Crippen LogP contribution in [0.3, 0.4) is 0 Å². The van der Waals surface area contributed by atoms with Gasteiger partial charge >= 0.3 is 0 Å². The standard InChI is InChI=1S/C23H21N5O3S/c1-30-18-7-5-6-17(14-18)28-22(16-10-12-24-13-11-16)26-27-23(28)32-15-21(29)25-19-8-3-4-9-20(19)31-2/h3-14H,15H2,1-2H3,(H,25,29). The van der Waals surface area contributed by atoms with Crippen molar-refractivity contribution in [2.45, 2.75) is 5.16 Å². The van der Waals surface area contributed by atoms with E-state index in [2.05, 4.69) is 20.5 Å². The van der Waals surface area contributed by atoms with Crippen LogP contribution >= 0.6 is 11.8 Å². The number of thioether (sulfide) groups is 1. The predicted octanol–water partition coefficient (Wildman–Crippen LogP) is 4.08. The van der Waals surface area contributed by atoms with Crippen molar-refractivity contribution >= 4 is 23.4 Å². The first-order chi connectivity index (χ1) is 15.7. The monoisotopic (exact) mass is 447 g/mol. The Hall–Kier alpha value is -3.85. The van der Waals surface area contributed by atoms with E-state index in [0.29, 0.717) is 28.2 Å². The minimum absolute atomic E-state index is 0.149. The minimum Gasteiger partial charge on any atom is -0.497 e. The Labute approximate surface area is 189 Å². The summed E-state index contributed by atoms with van der Waals surface area (Å²) >= 11 is 1.29. The van der Waals surface area contributed by atoms with Gasteiger partial charge in [0, 0.05) is 24.0 Å². The van der Waals surface area contributed by atoms with Crippen molar-refractivity contribution in [2.24, 2.45) is 0 Å². The number of hydrogen-bond donors (Lipinski definition) is 1. The van der Waals surface area contributed by atoms with Crippen LogP contribution in [0.4, 0.5) is 5.69 Å². The highest BCUT2D eigenvalue weighted by Crippen LogP contribution is 2.30. The van der Waals surface area contributed by atoms with Gasteiger partial charge in [0.1, 0.15) is 11.5 Å². The number of para-hydroxylation sites is 2. The van der Waals surface area contributed by atoms with Gasteiger partial charge in [-0.15, -0.1) is 10.2 Å². The molecule has 2 aromatic heterocycles. The molecule has 0 radical (unpaired) electrons. The number of anilines is 1. The van der Waals surface area contributed by atoms with Crippen LogP contribution in [0.5, 0.6) is 11.5 Å². The van der Waals surface area contributed by atoms with Gasteiger partial charge in [-0.25, -0.2) is 0 Å². The molecule has 4 rings (SSSR count).